The van der Waals surface area contributed by atoms with Crippen LogP contribution in [-0.2, 0) is 16.4 Å². The second-order valence-corrected chi connectivity index (χ2v) is 13.9. The van der Waals surface area contributed by atoms with Crippen molar-refractivity contribution in [3.8, 4) is 5.69 Å². The van der Waals surface area contributed by atoms with Crippen LogP contribution in [0, 0.1) is 0 Å². The molecule has 162 valence electrons. The van der Waals surface area contributed by atoms with Crippen molar-refractivity contribution in [1.29, 1.82) is 0 Å². The maximum Gasteiger partial charge on any atom is 0.278 e. The lowest BCUT2D eigenvalue weighted by Gasteiger charge is -2.43. The molecule has 32 heavy (non-hydrogen) atoms. The zero-order valence-electron chi connectivity index (χ0n) is 19.0. The van der Waals surface area contributed by atoms with Gasteiger partial charge >= 0.3 is 0 Å². The molecule has 5 heteroatoms. The van der Waals surface area contributed by atoms with Gasteiger partial charge < -0.3 is 4.43 Å². The van der Waals surface area contributed by atoms with E-state index in [2.05, 4.69) is 115 Å². The molecule has 1 atom stereocenters. The van der Waals surface area contributed by atoms with Crippen molar-refractivity contribution in [2.45, 2.75) is 44.1 Å². The van der Waals surface area contributed by atoms with E-state index < -0.39 is 13.9 Å². The normalized spacial score (nSPS) is 16.2. The number of benzene rings is 3. The lowest BCUT2D eigenvalue weighted by molar-refractivity contribution is -0.730. The minimum atomic E-state index is -1.94. The van der Waals surface area contributed by atoms with Gasteiger partial charge in [0.25, 0.3) is 5.82 Å². The van der Waals surface area contributed by atoms with Crippen molar-refractivity contribution in [1.82, 2.24) is 9.78 Å². The van der Waals surface area contributed by atoms with Crippen LogP contribution in [0.2, 0.25) is 19.6 Å². The third-order valence-corrected chi connectivity index (χ3v) is 7.03. The lowest BCUT2D eigenvalue weighted by Crippen LogP contribution is -2.54. The molecule has 1 aliphatic rings. The summed E-state index contributed by atoms with van der Waals surface area (Å²) in [5.41, 5.74) is 2.90. The first kappa shape index (κ1) is 20.9. The average molecular weight is 441 g/mol. The van der Waals surface area contributed by atoms with Crippen LogP contribution in [0.3, 0.4) is 0 Å². The molecule has 1 aliphatic heterocycles. The van der Waals surface area contributed by atoms with E-state index in [-0.39, 0.29) is 6.04 Å². The van der Waals surface area contributed by atoms with Gasteiger partial charge in [-0.1, -0.05) is 83.5 Å². The first-order chi connectivity index (χ1) is 15.5. The zero-order chi connectivity index (χ0) is 22.2. The van der Waals surface area contributed by atoms with E-state index in [1.807, 2.05) is 10.7 Å². The largest absolute Gasteiger partial charge is 0.401 e. The molecular weight excluding hydrogens is 410 g/mol. The molecule has 0 N–H and O–H groups in total. The monoisotopic (exact) mass is 440 g/mol. The fraction of sp³-hybridized carbons (Fsp3) is 0.259. The zero-order valence-corrected chi connectivity index (χ0v) is 20.0. The van der Waals surface area contributed by atoms with Gasteiger partial charge in [0.15, 0.2) is 8.32 Å². The molecule has 0 fully saturated rings. The number of aryl methyl sites for hydroxylation is 1. The molecule has 5 rings (SSSR count). The van der Waals surface area contributed by atoms with Crippen molar-refractivity contribution in [3.63, 3.8) is 0 Å². The molecule has 0 bridgehead atoms. The molecule has 4 aromatic rings. The summed E-state index contributed by atoms with van der Waals surface area (Å²) < 4.78 is 11.6. The molecule has 0 radical (unpaired) electrons. The van der Waals surface area contributed by atoms with Crippen molar-refractivity contribution in [2.24, 2.45) is 0 Å². The smallest absolute Gasteiger partial charge is 0.278 e. The molecule has 4 nitrogen and oxygen atoms in total. The van der Waals surface area contributed by atoms with E-state index in [1.54, 1.807) is 0 Å². The van der Waals surface area contributed by atoms with Crippen molar-refractivity contribution < 1.29 is 8.99 Å². The number of hydrogen-bond donors (Lipinski definition) is 0. The molecule has 1 aromatic heterocycles. The fourth-order valence-electron chi connectivity index (χ4n) is 4.93. The summed E-state index contributed by atoms with van der Waals surface area (Å²) in [4.78, 5) is 0. The lowest BCUT2D eigenvalue weighted by atomic mass is 9.79. The fourth-order valence-corrected chi connectivity index (χ4v) is 6.26. The Morgan fingerprint density at radius 3 is 1.91 bits per heavy atom. The van der Waals surface area contributed by atoms with E-state index in [4.69, 9.17) is 9.52 Å². The Bertz CT molecular complexity index is 1140. The molecule has 0 spiro atoms. The van der Waals surface area contributed by atoms with E-state index in [0.717, 1.165) is 24.4 Å². The van der Waals surface area contributed by atoms with Crippen LogP contribution >= 0.6 is 0 Å². The Morgan fingerprint density at radius 1 is 0.844 bits per heavy atom. The Morgan fingerprint density at radius 2 is 1.38 bits per heavy atom. The topological polar surface area (TPSA) is 30.9 Å². The van der Waals surface area contributed by atoms with Gasteiger partial charge in [0.05, 0.1) is 0 Å². The van der Waals surface area contributed by atoms with Gasteiger partial charge in [-0.3, -0.25) is 0 Å². The predicted octanol–water partition coefficient (Wildman–Crippen LogP) is 5.44. The Labute approximate surface area is 191 Å². The number of aromatic nitrogens is 3. The van der Waals surface area contributed by atoms with Gasteiger partial charge in [-0.15, -0.1) is 0 Å². The van der Waals surface area contributed by atoms with Crippen LogP contribution in [0.4, 0.5) is 0 Å². The van der Waals surface area contributed by atoms with Crippen molar-refractivity contribution in [3.05, 3.63) is 114 Å². The van der Waals surface area contributed by atoms with Gasteiger partial charge in [-0.25, -0.2) is 4.57 Å². The van der Waals surface area contributed by atoms with E-state index in [1.165, 1.54) is 11.1 Å². The Balaban J connectivity index is 1.72. The summed E-state index contributed by atoms with van der Waals surface area (Å²) in [6, 6.07) is 31.9. The van der Waals surface area contributed by atoms with Gasteiger partial charge in [-0.05, 0) is 49.3 Å². The minimum Gasteiger partial charge on any atom is -0.401 e. The molecule has 0 saturated carbocycles. The minimum absolute atomic E-state index is 0.117. The molecule has 3 aromatic carbocycles. The third-order valence-electron chi connectivity index (χ3n) is 6.09. The van der Waals surface area contributed by atoms with Crippen LogP contribution in [-0.4, -0.2) is 18.1 Å². The van der Waals surface area contributed by atoms with E-state index >= 15 is 0 Å². The maximum atomic E-state index is 7.23. The average Bonchev–Trinajstić information content (AvgIpc) is 3.40. The number of hydrogen-bond acceptors (Lipinski definition) is 2. The first-order valence-electron chi connectivity index (χ1n) is 11.3. The van der Waals surface area contributed by atoms with Crippen molar-refractivity contribution in [2.75, 3.05) is 0 Å². The summed E-state index contributed by atoms with van der Waals surface area (Å²) in [5, 5.41) is 4.94. The van der Waals surface area contributed by atoms with Gasteiger partial charge in [-0.2, -0.15) is 0 Å². The molecule has 0 aliphatic carbocycles. The molecule has 0 amide bonds. The third kappa shape index (κ3) is 3.72. The van der Waals surface area contributed by atoms with Gasteiger partial charge in [0.2, 0.25) is 6.33 Å². The number of nitrogens with zero attached hydrogens (tertiary/aromatic N) is 3. The maximum absolute atomic E-state index is 7.23. The number of para-hydroxylation sites is 1. The Kier molecular flexibility index (Phi) is 5.31. The second kappa shape index (κ2) is 8.15. The highest BCUT2D eigenvalue weighted by Crippen LogP contribution is 2.46. The molecule has 0 saturated heterocycles. The summed E-state index contributed by atoms with van der Waals surface area (Å²) in [7, 11) is -1.94. The second-order valence-electron chi connectivity index (χ2n) is 9.46. The van der Waals surface area contributed by atoms with Crippen LogP contribution in [0.25, 0.3) is 5.69 Å². The van der Waals surface area contributed by atoms with E-state index in [0.29, 0.717) is 0 Å². The van der Waals surface area contributed by atoms with Crippen molar-refractivity contribution >= 4 is 8.32 Å². The first-order valence-corrected chi connectivity index (χ1v) is 14.7. The summed E-state index contributed by atoms with van der Waals surface area (Å²) >= 11 is 0. The molecule has 2 heterocycles. The number of rotatable bonds is 6. The van der Waals surface area contributed by atoms with Crippen LogP contribution in [0.5, 0.6) is 0 Å². The SMILES string of the molecule is C[Si](C)(C)OC(c1ccccc1)(c1ccccc1)[C@@H]1CCc2nn(-c3ccccc3)c[n+]21. The van der Waals surface area contributed by atoms with E-state index in [9.17, 15) is 0 Å². The number of fused-ring (bicyclic) bond motifs is 1. The van der Waals surface area contributed by atoms with Gasteiger partial charge in [0.1, 0.15) is 17.3 Å². The predicted molar refractivity (Wildman–Crippen MR) is 129 cm³/mol. The quantitative estimate of drug-likeness (QED) is 0.295. The van der Waals surface area contributed by atoms with Crippen LogP contribution in [0.15, 0.2) is 97.3 Å². The summed E-state index contributed by atoms with van der Waals surface area (Å²) in [6.07, 6.45) is 4.07. The molecular formula is C27H30N3OSi+. The standard InChI is InChI=1S/C27H30N3OSi/c1-32(2,3)31-27(22-13-7-4-8-14-22,23-15-9-5-10-16-23)25-19-20-26-28-30(21-29(25)26)24-17-11-6-12-18-24/h4-18,21,25H,19-20H2,1-3H3/q+1/t25-/m0/s1. The van der Waals surface area contributed by atoms with Crippen LogP contribution < -0.4 is 4.57 Å². The summed E-state index contributed by atoms with van der Waals surface area (Å²) in [6.45, 7) is 6.84. The highest BCUT2D eigenvalue weighted by atomic mass is 28.4. The molecule has 0 unspecified atom stereocenters. The highest BCUT2D eigenvalue weighted by molar-refractivity contribution is 6.69. The van der Waals surface area contributed by atoms with Gasteiger partial charge in [0, 0.05) is 11.5 Å². The summed E-state index contributed by atoms with van der Waals surface area (Å²) in [5.74, 6) is 1.11. The van der Waals surface area contributed by atoms with Crippen LogP contribution in [0.1, 0.15) is 29.4 Å². The Hall–Kier alpha value is -3.02. The highest BCUT2D eigenvalue weighted by Gasteiger charge is 2.52.